The number of nitrogens with zero attached hydrogens (tertiary/aromatic N) is 2. The second-order valence-corrected chi connectivity index (χ2v) is 7.49. The van der Waals surface area contributed by atoms with Crippen LogP contribution in [0.15, 0.2) is 58.6 Å². The highest BCUT2D eigenvalue weighted by Gasteiger charge is 2.17. The molecule has 0 atom stereocenters. The lowest BCUT2D eigenvalue weighted by atomic mass is 10.0. The van der Waals surface area contributed by atoms with Crippen molar-refractivity contribution in [2.24, 2.45) is 5.16 Å². The highest BCUT2D eigenvalue weighted by molar-refractivity contribution is 7.86. The van der Waals surface area contributed by atoms with Crippen molar-refractivity contribution in [3.05, 3.63) is 65.2 Å². The van der Waals surface area contributed by atoms with Gasteiger partial charge < -0.3 is 4.74 Å². The molecular weight excluding hydrogens is 364 g/mol. The summed E-state index contributed by atoms with van der Waals surface area (Å²) < 4.78 is 34.9. The smallest absolute Gasteiger partial charge is 0.358 e. The first-order valence-corrected chi connectivity index (χ1v) is 10.0. The van der Waals surface area contributed by atoms with Crippen molar-refractivity contribution in [1.29, 1.82) is 5.26 Å². The first-order chi connectivity index (χ1) is 13.0. The summed E-state index contributed by atoms with van der Waals surface area (Å²) in [6.45, 7) is 4.84. The molecule has 0 unspecified atom stereocenters. The summed E-state index contributed by atoms with van der Waals surface area (Å²) in [7, 11) is -4.10. The Morgan fingerprint density at radius 3 is 2.52 bits per heavy atom. The predicted molar refractivity (Wildman–Crippen MR) is 103 cm³/mol. The normalized spacial score (nSPS) is 11.8. The van der Waals surface area contributed by atoms with Crippen molar-refractivity contribution in [3.8, 4) is 6.07 Å². The molecule has 2 aromatic rings. The van der Waals surface area contributed by atoms with Crippen LogP contribution < -0.4 is 0 Å². The van der Waals surface area contributed by atoms with E-state index in [1.807, 2.05) is 25.1 Å². The molecule has 0 aliphatic carbocycles. The maximum absolute atomic E-state index is 12.3. The number of rotatable bonds is 9. The van der Waals surface area contributed by atoms with E-state index in [1.54, 1.807) is 24.3 Å². The summed E-state index contributed by atoms with van der Waals surface area (Å²) >= 11 is 0. The van der Waals surface area contributed by atoms with E-state index in [9.17, 15) is 13.7 Å². The number of ether oxygens (including phenoxy) is 1. The van der Waals surface area contributed by atoms with Gasteiger partial charge in [0.05, 0.1) is 6.61 Å². The molecule has 2 rings (SSSR count). The molecule has 0 saturated heterocycles. The van der Waals surface area contributed by atoms with Crippen LogP contribution in [-0.4, -0.2) is 20.7 Å². The Labute approximate surface area is 160 Å². The zero-order chi connectivity index (χ0) is 19.7. The van der Waals surface area contributed by atoms with E-state index in [1.165, 1.54) is 12.1 Å². The molecule has 0 aromatic heterocycles. The van der Waals surface area contributed by atoms with Gasteiger partial charge >= 0.3 is 10.1 Å². The zero-order valence-corrected chi connectivity index (χ0v) is 16.2. The Kier molecular flexibility index (Phi) is 7.53. The van der Waals surface area contributed by atoms with Crippen LogP contribution in [0.25, 0.3) is 0 Å². The first-order valence-electron chi connectivity index (χ1n) is 8.62. The molecule has 0 heterocycles. The molecule has 0 spiro atoms. The second-order valence-electron chi connectivity index (χ2n) is 5.96. The van der Waals surface area contributed by atoms with E-state index >= 15 is 0 Å². The summed E-state index contributed by atoms with van der Waals surface area (Å²) in [6, 6.07) is 15.1. The molecule has 0 fully saturated rings. The van der Waals surface area contributed by atoms with Gasteiger partial charge in [-0.05, 0) is 31.0 Å². The number of hydrogen-bond donors (Lipinski definition) is 0. The molecule has 0 aliphatic rings. The monoisotopic (exact) mass is 386 g/mol. The molecule has 142 valence electrons. The summed E-state index contributed by atoms with van der Waals surface area (Å²) in [5, 5.41) is 13.0. The Morgan fingerprint density at radius 1 is 1.15 bits per heavy atom. The topological polar surface area (TPSA) is 88.8 Å². The van der Waals surface area contributed by atoms with Crippen LogP contribution in [-0.2, 0) is 25.7 Å². The van der Waals surface area contributed by atoms with E-state index < -0.39 is 10.1 Å². The SMILES string of the molecule is CCCCOCc1ccccc1/C(C#N)=N/OS(=O)(=O)c1ccc(C)cc1. The lowest BCUT2D eigenvalue weighted by Gasteiger charge is -2.09. The van der Waals surface area contributed by atoms with E-state index in [-0.39, 0.29) is 10.6 Å². The molecular formula is C20H22N2O4S. The minimum atomic E-state index is -4.10. The maximum Gasteiger partial charge on any atom is 0.358 e. The maximum atomic E-state index is 12.3. The summed E-state index contributed by atoms with van der Waals surface area (Å²) in [5.74, 6) is 0. The standard InChI is InChI=1S/C20H22N2O4S/c1-3-4-13-25-15-17-7-5-6-8-19(17)20(14-21)22-26-27(23,24)18-11-9-16(2)10-12-18/h5-12H,3-4,13,15H2,1-2H3/b22-20+. The summed E-state index contributed by atoms with van der Waals surface area (Å²) in [4.78, 5) is -0.0228. The highest BCUT2D eigenvalue weighted by atomic mass is 32.2. The van der Waals surface area contributed by atoms with Crippen LogP contribution in [0.2, 0.25) is 0 Å². The van der Waals surface area contributed by atoms with Gasteiger partial charge in [0, 0.05) is 12.2 Å². The van der Waals surface area contributed by atoms with Crippen molar-refractivity contribution in [2.75, 3.05) is 6.61 Å². The third kappa shape index (κ3) is 5.91. The fourth-order valence-electron chi connectivity index (χ4n) is 2.27. The van der Waals surface area contributed by atoms with Crippen LogP contribution in [0.4, 0.5) is 0 Å². The van der Waals surface area contributed by atoms with Crippen LogP contribution in [0, 0.1) is 18.3 Å². The van der Waals surface area contributed by atoms with Gasteiger partial charge in [0.15, 0.2) is 5.71 Å². The quantitative estimate of drug-likeness (QED) is 0.370. The molecule has 0 amide bonds. The number of hydrogen-bond acceptors (Lipinski definition) is 6. The lowest BCUT2D eigenvalue weighted by Crippen LogP contribution is -2.08. The molecule has 6 nitrogen and oxygen atoms in total. The van der Waals surface area contributed by atoms with Crippen LogP contribution in [0.3, 0.4) is 0 Å². The highest BCUT2D eigenvalue weighted by Crippen LogP contribution is 2.16. The van der Waals surface area contributed by atoms with Crippen molar-refractivity contribution < 1.29 is 17.4 Å². The number of nitriles is 1. The van der Waals surface area contributed by atoms with E-state index in [4.69, 9.17) is 9.02 Å². The van der Waals surface area contributed by atoms with E-state index in [0.717, 1.165) is 24.0 Å². The Hall–Kier alpha value is -2.69. The fraction of sp³-hybridized carbons (Fsp3) is 0.300. The predicted octanol–water partition coefficient (Wildman–Crippen LogP) is 3.94. The lowest BCUT2D eigenvalue weighted by molar-refractivity contribution is 0.118. The fourth-order valence-corrected chi connectivity index (χ4v) is 3.00. The molecule has 27 heavy (non-hydrogen) atoms. The van der Waals surface area contributed by atoms with Gasteiger partial charge in [-0.15, -0.1) is 0 Å². The van der Waals surface area contributed by atoms with Gasteiger partial charge in [0.2, 0.25) is 0 Å². The minimum Gasteiger partial charge on any atom is -0.377 e. The molecule has 7 heteroatoms. The average molecular weight is 386 g/mol. The van der Waals surface area contributed by atoms with Gasteiger partial charge in [-0.25, -0.2) is 0 Å². The van der Waals surface area contributed by atoms with Gasteiger partial charge in [-0.3, -0.25) is 4.28 Å². The Balaban J connectivity index is 2.21. The minimum absolute atomic E-state index is 0.0228. The Bertz CT molecular complexity index is 929. The molecule has 0 radical (unpaired) electrons. The van der Waals surface area contributed by atoms with Crippen LogP contribution >= 0.6 is 0 Å². The number of benzene rings is 2. The molecule has 0 aliphatic heterocycles. The summed E-state index contributed by atoms with van der Waals surface area (Å²) in [6.07, 6.45) is 1.97. The summed E-state index contributed by atoms with van der Waals surface area (Å²) in [5.41, 5.74) is 2.02. The van der Waals surface area contributed by atoms with Crippen molar-refractivity contribution in [3.63, 3.8) is 0 Å². The first kappa shape index (κ1) is 20.6. The van der Waals surface area contributed by atoms with Crippen molar-refractivity contribution in [2.45, 2.75) is 38.2 Å². The van der Waals surface area contributed by atoms with E-state index in [0.29, 0.717) is 18.8 Å². The van der Waals surface area contributed by atoms with Gasteiger partial charge in [-0.2, -0.15) is 13.7 Å². The molecule has 0 saturated carbocycles. The zero-order valence-electron chi connectivity index (χ0n) is 15.4. The number of unbranched alkanes of at least 4 members (excludes halogenated alkanes) is 1. The molecule has 0 N–H and O–H groups in total. The second kappa shape index (κ2) is 9.86. The van der Waals surface area contributed by atoms with Crippen molar-refractivity contribution >= 4 is 15.8 Å². The third-order valence-corrected chi connectivity index (χ3v) is 4.93. The largest absolute Gasteiger partial charge is 0.377 e. The third-order valence-electron chi connectivity index (χ3n) is 3.81. The number of aryl methyl sites for hydroxylation is 1. The number of oxime groups is 1. The average Bonchev–Trinajstić information content (AvgIpc) is 2.67. The molecule has 2 aromatic carbocycles. The van der Waals surface area contributed by atoms with Crippen LogP contribution in [0.1, 0.15) is 36.5 Å². The Morgan fingerprint density at radius 2 is 1.85 bits per heavy atom. The van der Waals surface area contributed by atoms with Crippen molar-refractivity contribution in [1.82, 2.24) is 0 Å². The van der Waals surface area contributed by atoms with E-state index in [2.05, 4.69) is 12.1 Å². The van der Waals surface area contributed by atoms with Gasteiger partial charge in [-0.1, -0.05) is 60.5 Å². The van der Waals surface area contributed by atoms with Gasteiger partial charge in [0.1, 0.15) is 11.0 Å². The molecule has 0 bridgehead atoms. The van der Waals surface area contributed by atoms with Gasteiger partial charge in [0.25, 0.3) is 0 Å². The van der Waals surface area contributed by atoms with Crippen LogP contribution in [0.5, 0.6) is 0 Å².